The number of fused-ring (bicyclic) bond motifs is 1. The van der Waals surface area contributed by atoms with Crippen molar-refractivity contribution in [2.24, 2.45) is 5.92 Å². The summed E-state index contributed by atoms with van der Waals surface area (Å²) in [5, 5.41) is 4.07. The molecule has 3 rings (SSSR count). The Balaban J connectivity index is 1.81. The number of hydrogen-bond acceptors (Lipinski definition) is 3. The number of hydrogen-bond donors (Lipinski definition) is 0. The molecule has 2 heterocycles. The molecule has 0 N–H and O–H groups in total. The van der Waals surface area contributed by atoms with Crippen LogP contribution in [0.2, 0.25) is 0 Å². The first kappa shape index (κ1) is 12.7. The van der Waals surface area contributed by atoms with E-state index in [-0.39, 0.29) is 5.91 Å². The van der Waals surface area contributed by atoms with Gasteiger partial charge in [-0.1, -0.05) is 24.9 Å². The van der Waals surface area contributed by atoms with Crippen molar-refractivity contribution >= 4 is 5.91 Å². The van der Waals surface area contributed by atoms with Gasteiger partial charge in [-0.15, -0.1) is 0 Å². The van der Waals surface area contributed by atoms with Gasteiger partial charge in [0.15, 0.2) is 5.69 Å². The summed E-state index contributed by atoms with van der Waals surface area (Å²) < 4.78 is 5.38. The molecule has 104 valence electrons. The lowest BCUT2D eigenvalue weighted by Crippen LogP contribution is -2.33. The van der Waals surface area contributed by atoms with Gasteiger partial charge in [-0.25, -0.2) is 0 Å². The van der Waals surface area contributed by atoms with E-state index in [1.807, 2.05) is 4.90 Å². The SMILES string of the molecule is C[C@H]1CCc2onc(C(=O)N3CCCCCC3)c2C1. The van der Waals surface area contributed by atoms with E-state index >= 15 is 0 Å². The highest BCUT2D eigenvalue weighted by molar-refractivity contribution is 5.94. The largest absolute Gasteiger partial charge is 0.360 e. The van der Waals surface area contributed by atoms with Crippen LogP contribution >= 0.6 is 0 Å². The standard InChI is InChI=1S/C15H22N2O2/c1-11-6-7-13-12(10-11)14(16-19-13)15(18)17-8-4-2-3-5-9-17/h11H,2-10H2,1H3/t11-/m0/s1. The second-order valence-corrected chi connectivity index (χ2v) is 5.99. The molecule has 4 heteroatoms. The van der Waals surface area contributed by atoms with Gasteiger partial charge in [0.25, 0.3) is 5.91 Å². The Kier molecular flexibility index (Phi) is 3.58. The van der Waals surface area contributed by atoms with E-state index < -0.39 is 0 Å². The number of carbonyl (C=O) groups is 1. The Morgan fingerprint density at radius 2 is 2.00 bits per heavy atom. The van der Waals surface area contributed by atoms with Crippen molar-refractivity contribution in [2.45, 2.75) is 51.9 Å². The zero-order valence-electron chi connectivity index (χ0n) is 11.7. The molecular formula is C15H22N2O2. The first-order valence-corrected chi connectivity index (χ1v) is 7.52. The van der Waals surface area contributed by atoms with E-state index in [0.717, 1.165) is 56.5 Å². The summed E-state index contributed by atoms with van der Waals surface area (Å²) in [7, 11) is 0. The van der Waals surface area contributed by atoms with Gasteiger partial charge in [-0.3, -0.25) is 4.79 Å². The lowest BCUT2D eigenvalue weighted by molar-refractivity contribution is 0.0750. The molecule has 1 atom stereocenters. The normalized spacial score (nSPS) is 23.8. The van der Waals surface area contributed by atoms with Crippen LogP contribution < -0.4 is 0 Å². The van der Waals surface area contributed by atoms with Crippen LogP contribution in [0, 0.1) is 5.92 Å². The molecule has 0 spiro atoms. The van der Waals surface area contributed by atoms with Crippen molar-refractivity contribution < 1.29 is 9.32 Å². The molecule has 0 aromatic carbocycles. The third-order valence-corrected chi connectivity index (χ3v) is 4.38. The van der Waals surface area contributed by atoms with Gasteiger partial charge in [-0.2, -0.15) is 0 Å². The molecule has 0 radical (unpaired) electrons. The van der Waals surface area contributed by atoms with Crippen LogP contribution in [0.15, 0.2) is 4.52 Å². The summed E-state index contributed by atoms with van der Waals surface area (Å²) in [5.74, 6) is 1.65. The number of rotatable bonds is 1. The minimum absolute atomic E-state index is 0.0843. The Labute approximate surface area is 114 Å². The van der Waals surface area contributed by atoms with Crippen LogP contribution in [-0.2, 0) is 12.8 Å². The third kappa shape index (κ3) is 2.53. The zero-order valence-corrected chi connectivity index (χ0v) is 11.7. The highest BCUT2D eigenvalue weighted by Crippen LogP contribution is 2.28. The fraction of sp³-hybridized carbons (Fsp3) is 0.733. The predicted molar refractivity (Wildman–Crippen MR) is 72.1 cm³/mol. The summed E-state index contributed by atoms with van der Waals surface area (Å²) >= 11 is 0. The summed E-state index contributed by atoms with van der Waals surface area (Å²) in [5.41, 5.74) is 1.66. The fourth-order valence-corrected chi connectivity index (χ4v) is 3.17. The molecule has 2 aliphatic rings. The number of aryl methyl sites for hydroxylation is 1. The highest BCUT2D eigenvalue weighted by Gasteiger charge is 2.29. The van der Waals surface area contributed by atoms with E-state index in [2.05, 4.69) is 12.1 Å². The Bertz CT molecular complexity index is 459. The number of carbonyl (C=O) groups excluding carboxylic acids is 1. The van der Waals surface area contributed by atoms with Gasteiger partial charge in [0.2, 0.25) is 0 Å². The minimum atomic E-state index is 0.0843. The number of amides is 1. The van der Waals surface area contributed by atoms with Crippen LogP contribution in [0.4, 0.5) is 0 Å². The van der Waals surface area contributed by atoms with Crippen LogP contribution in [0.5, 0.6) is 0 Å². The Morgan fingerprint density at radius 3 is 2.74 bits per heavy atom. The maximum absolute atomic E-state index is 12.6. The highest BCUT2D eigenvalue weighted by atomic mass is 16.5. The van der Waals surface area contributed by atoms with E-state index in [9.17, 15) is 4.79 Å². The summed E-state index contributed by atoms with van der Waals surface area (Å²) in [4.78, 5) is 14.6. The molecule has 0 unspecified atom stereocenters. The zero-order chi connectivity index (χ0) is 13.2. The first-order valence-electron chi connectivity index (χ1n) is 7.52. The maximum atomic E-state index is 12.6. The van der Waals surface area contributed by atoms with E-state index in [4.69, 9.17) is 4.52 Å². The summed E-state index contributed by atoms with van der Waals surface area (Å²) in [6.07, 6.45) is 7.70. The van der Waals surface area contributed by atoms with Gasteiger partial charge in [0.05, 0.1) is 0 Å². The third-order valence-electron chi connectivity index (χ3n) is 4.38. The van der Waals surface area contributed by atoms with Crippen molar-refractivity contribution in [1.82, 2.24) is 10.1 Å². The smallest absolute Gasteiger partial charge is 0.276 e. The molecule has 4 nitrogen and oxygen atoms in total. The lowest BCUT2D eigenvalue weighted by atomic mass is 9.88. The summed E-state index contributed by atoms with van der Waals surface area (Å²) in [6.45, 7) is 3.97. The molecule has 1 aromatic rings. The van der Waals surface area contributed by atoms with Gasteiger partial charge in [-0.05, 0) is 31.6 Å². The number of likely N-dealkylation sites (tertiary alicyclic amines) is 1. The number of nitrogens with zero attached hydrogens (tertiary/aromatic N) is 2. The van der Waals surface area contributed by atoms with Crippen molar-refractivity contribution in [2.75, 3.05) is 13.1 Å². The fourth-order valence-electron chi connectivity index (χ4n) is 3.17. The van der Waals surface area contributed by atoms with E-state index in [1.165, 1.54) is 12.8 Å². The second-order valence-electron chi connectivity index (χ2n) is 5.99. The Hall–Kier alpha value is -1.32. The number of aromatic nitrogens is 1. The molecule has 1 aliphatic carbocycles. The average Bonchev–Trinajstić information content (AvgIpc) is 2.64. The monoisotopic (exact) mass is 262 g/mol. The maximum Gasteiger partial charge on any atom is 0.276 e. The van der Waals surface area contributed by atoms with Crippen LogP contribution in [0.25, 0.3) is 0 Å². The van der Waals surface area contributed by atoms with Gasteiger partial charge in [0.1, 0.15) is 5.76 Å². The quantitative estimate of drug-likeness (QED) is 0.782. The van der Waals surface area contributed by atoms with Gasteiger partial charge in [0, 0.05) is 25.1 Å². The molecule has 19 heavy (non-hydrogen) atoms. The van der Waals surface area contributed by atoms with Crippen molar-refractivity contribution in [1.29, 1.82) is 0 Å². The molecule has 0 bridgehead atoms. The van der Waals surface area contributed by atoms with Crippen LogP contribution in [0.1, 0.15) is 60.8 Å². The molecule has 1 fully saturated rings. The molecule has 1 amide bonds. The molecule has 1 aromatic heterocycles. The van der Waals surface area contributed by atoms with Crippen LogP contribution in [-0.4, -0.2) is 29.1 Å². The molecule has 1 aliphatic heterocycles. The van der Waals surface area contributed by atoms with E-state index in [1.54, 1.807) is 0 Å². The predicted octanol–water partition coefficient (Wildman–Crippen LogP) is 2.82. The lowest BCUT2D eigenvalue weighted by Gasteiger charge is -2.21. The topological polar surface area (TPSA) is 46.3 Å². The molecular weight excluding hydrogens is 240 g/mol. The first-order chi connectivity index (χ1) is 9.25. The van der Waals surface area contributed by atoms with E-state index in [0.29, 0.717) is 11.6 Å². The van der Waals surface area contributed by atoms with Crippen molar-refractivity contribution in [3.63, 3.8) is 0 Å². The molecule has 1 saturated heterocycles. The van der Waals surface area contributed by atoms with Gasteiger partial charge >= 0.3 is 0 Å². The van der Waals surface area contributed by atoms with Gasteiger partial charge < -0.3 is 9.42 Å². The average molecular weight is 262 g/mol. The minimum Gasteiger partial charge on any atom is -0.360 e. The summed E-state index contributed by atoms with van der Waals surface area (Å²) in [6, 6.07) is 0. The second kappa shape index (κ2) is 5.35. The molecule has 0 saturated carbocycles. The van der Waals surface area contributed by atoms with Crippen molar-refractivity contribution in [3.8, 4) is 0 Å². The van der Waals surface area contributed by atoms with Crippen molar-refractivity contribution in [3.05, 3.63) is 17.0 Å². The van der Waals surface area contributed by atoms with Crippen LogP contribution in [0.3, 0.4) is 0 Å². The Morgan fingerprint density at radius 1 is 1.26 bits per heavy atom.